The summed E-state index contributed by atoms with van der Waals surface area (Å²) < 4.78 is 8.85. The molecule has 6 nitrogen and oxygen atoms in total. The first kappa shape index (κ1) is 23.4. The van der Waals surface area contributed by atoms with Crippen LogP contribution in [0.2, 0.25) is 5.02 Å². The maximum atomic E-state index is 12.5. The van der Waals surface area contributed by atoms with Crippen LogP contribution in [0.1, 0.15) is 11.4 Å². The summed E-state index contributed by atoms with van der Waals surface area (Å²) in [5, 5.41) is 12.8. The summed E-state index contributed by atoms with van der Waals surface area (Å²) in [5.41, 5.74) is 2.70. The molecule has 3 aromatic carbocycles. The van der Waals surface area contributed by atoms with Gasteiger partial charge >= 0.3 is 0 Å². The summed E-state index contributed by atoms with van der Waals surface area (Å²) in [5.74, 6) is 1.41. The number of anilines is 1. The van der Waals surface area contributed by atoms with E-state index < -0.39 is 0 Å². The Morgan fingerprint density at radius 3 is 2.52 bits per heavy atom. The first-order chi connectivity index (χ1) is 16.0. The summed E-state index contributed by atoms with van der Waals surface area (Å²) in [7, 11) is 0. The fraction of sp³-hybridized carbons (Fsp3) is 0.125. The number of nitrogens with zero attached hydrogens (tertiary/aromatic N) is 3. The molecule has 1 aromatic heterocycles. The molecular weight excluding hydrogens is 524 g/mol. The summed E-state index contributed by atoms with van der Waals surface area (Å²) in [4.78, 5) is 12.5. The summed E-state index contributed by atoms with van der Waals surface area (Å²) in [6, 6.07) is 22.6. The summed E-state index contributed by atoms with van der Waals surface area (Å²) in [6.07, 6.45) is 0. The summed E-state index contributed by atoms with van der Waals surface area (Å²) in [6.45, 7) is 2.26. The normalized spacial score (nSPS) is 10.8. The van der Waals surface area contributed by atoms with Gasteiger partial charge in [-0.15, -0.1) is 10.2 Å². The van der Waals surface area contributed by atoms with Crippen LogP contribution in [0, 0.1) is 6.92 Å². The number of carbonyl (C=O) groups excluding carboxylic acids is 1. The zero-order chi connectivity index (χ0) is 23.2. The van der Waals surface area contributed by atoms with Crippen molar-refractivity contribution in [1.82, 2.24) is 14.8 Å². The molecule has 4 rings (SSSR count). The molecule has 1 N–H and O–H groups in total. The Hall–Kier alpha value is -2.81. The third-order valence-electron chi connectivity index (χ3n) is 4.70. The Kier molecular flexibility index (Phi) is 7.69. The van der Waals surface area contributed by atoms with Crippen molar-refractivity contribution in [3.63, 3.8) is 0 Å². The van der Waals surface area contributed by atoms with Crippen molar-refractivity contribution in [2.75, 3.05) is 11.1 Å². The Morgan fingerprint density at radius 1 is 1.06 bits per heavy atom. The fourth-order valence-electron chi connectivity index (χ4n) is 3.08. The van der Waals surface area contributed by atoms with Crippen LogP contribution in [0.15, 0.2) is 82.4 Å². The number of thioether (sulfide) groups is 1. The number of amides is 1. The highest BCUT2D eigenvalue weighted by Crippen LogP contribution is 2.26. The number of para-hydroxylation sites is 1. The van der Waals surface area contributed by atoms with E-state index >= 15 is 0 Å². The molecular formula is C24H20BrClN4O2S. The Balaban J connectivity index is 1.51. The number of halogens is 2. The zero-order valence-electron chi connectivity index (χ0n) is 17.7. The van der Waals surface area contributed by atoms with Gasteiger partial charge in [-0.1, -0.05) is 57.5 Å². The van der Waals surface area contributed by atoms with Gasteiger partial charge in [0.15, 0.2) is 11.0 Å². The van der Waals surface area contributed by atoms with Crippen LogP contribution < -0.4 is 10.1 Å². The molecule has 0 unspecified atom stereocenters. The monoisotopic (exact) mass is 542 g/mol. The van der Waals surface area contributed by atoms with Gasteiger partial charge in [-0.3, -0.25) is 9.36 Å². The van der Waals surface area contributed by atoms with Gasteiger partial charge in [0.1, 0.15) is 12.4 Å². The molecule has 168 valence electrons. The molecule has 0 saturated heterocycles. The maximum Gasteiger partial charge on any atom is 0.234 e. The van der Waals surface area contributed by atoms with Gasteiger partial charge in [0.25, 0.3) is 0 Å². The molecule has 0 fully saturated rings. The molecule has 0 spiro atoms. The molecule has 0 bridgehead atoms. The lowest BCUT2D eigenvalue weighted by Crippen LogP contribution is -2.15. The van der Waals surface area contributed by atoms with Gasteiger partial charge in [0.05, 0.1) is 11.4 Å². The standard InChI is InChI=1S/C24H20BrClN4O2S/c1-16-4-2-3-5-21(16)30-22(14-32-20-12-6-17(25)7-13-20)28-29-24(30)33-15-23(31)27-19-10-8-18(26)9-11-19/h2-13H,14-15H2,1H3,(H,27,31). The van der Waals surface area contributed by atoms with E-state index in [1.807, 2.05) is 60.0 Å². The highest BCUT2D eigenvalue weighted by atomic mass is 79.9. The van der Waals surface area contributed by atoms with Crippen molar-refractivity contribution in [3.8, 4) is 11.4 Å². The second-order valence-corrected chi connectivity index (χ2v) is 9.40. The Labute approximate surface area is 209 Å². The number of hydrogen-bond acceptors (Lipinski definition) is 5. The van der Waals surface area contributed by atoms with Crippen molar-refractivity contribution in [3.05, 3.63) is 93.7 Å². The summed E-state index contributed by atoms with van der Waals surface area (Å²) >= 11 is 10.6. The van der Waals surface area contributed by atoms with E-state index in [0.717, 1.165) is 21.5 Å². The molecule has 1 amide bonds. The largest absolute Gasteiger partial charge is 0.486 e. The van der Waals surface area contributed by atoms with Crippen LogP contribution in [0.3, 0.4) is 0 Å². The second-order valence-electron chi connectivity index (χ2n) is 7.11. The first-order valence-corrected chi connectivity index (χ1v) is 12.2. The first-order valence-electron chi connectivity index (χ1n) is 10.1. The molecule has 0 saturated carbocycles. The lowest BCUT2D eigenvalue weighted by Gasteiger charge is -2.13. The van der Waals surface area contributed by atoms with E-state index in [1.54, 1.807) is 24.3 Å². The van der Waals surface area contributed by atoms with Gasteiger partial charge in [-0.2, -0.15) is 0 Å². The molecule has 0 aliphatic carbocycles. The highest BCUT2D eigenvalue weighted by Gasteiger charge is 2.18. The molecule has 9 heteroatoms. The minimum absolute atomic E-state index is 0.144. The molecule has 33 heavy (non-hydrogen) atoms. The van der Waals surface area contributed by atoms with Gasteiger partial charge in [-0.05, 0) is 67.1 Å². The van der Waals surface area contributed by atoms with E-state index in [4.69, 9.17) is 16.3 Å². The average molecular weight is 544 g/mol. The molecule has 0 radical (unpaired) electrons. The SMILES string of the molecule is Cc1ccccc1-n1c(COc2ccc(Br)cc2)nnc1SCC(=O)Nc1ccc(Cl)cc1. The van der Waals surface area contributed by atoms with Gasteiger partial charge in [0.2, 0.25) is 5.91 Å². The van der Waals surface area contributed by atoms with Crippen LogP contribution >= 0.6 is 39.3 Å². The minimum Gasteiger partial charge on any atom is -0.486 e. The van der Waals surface area contributed by atoms with Gasteiger partial charge in [0, 0.05) is 15.2 Å². The van der Waals surface area contributed by atoms with Crippen LogP contribution in [-0.2, 0) is 11.4 Å². The molecule has 0 atom stereocenters. The van der Waals surface area contributed by atoms with Crippen molar-refractivity contribution < 1.29 is 9.53 Å². The smallest absolute Gasteiger partial charge is 0.234 e. The van der Waals surface area contributed by atoms with Gasteiger partial charge < -0.3 is 10.1 Å². The van der Waals surface area contributed by atoms with E-state index in [1.165, 1.54) is 11.8 Å². The predicted molar refractivity (Wildman–Crippen MR) is 135 cm³/mol. The van der Waals surface area contributed by atoms with Crippen LogP contribution in [0.4, 0.5) is 5.69 Å². The second kappa shape index (κ2) is 10.9. The van der Waals surface area contributed by atoms with Crippen LogP contribution in [0.25, 0.3) is 5.69 Å². The fourth-order valence-corrected chi connectivity index (χ4v) is 4.24. The van der Waals surface area contributed by atoms with Crippen molar-refractivity contribution in [1.29, 1.82) is 0 Å². The Morgan fingerprint density at radius 2 is 1.79 bits per heavy atom. The third kappa shape index (κ3) is 6.16. The topological polar surface area (TPSA) is 69.0 Å². The Bertz CT molecular complexity index is 1250. The molecule has 0 aliphatic rings. The van der Waals surface area contributed by atoms with Crippen LogP contribution in [-0.4, -0.2) is 26.4 Å². The molecule has 4 aromatic rings. The number of benzene rings is 3. The number of nitrogens with one attached hydrogen (secondary N) is 1. The number of rotatable bonds is 8. The van der Waals surface area contributed by atoms with E-state index in [9.17, 15) is 4.79 Å². The lowest BCUT2D eigenvalue weighted by molar-refractivity contribution is -0.113. The van der Waals surface area contributed by atoms with E-state index in [2.05, 4.69) is 31.4 Å². The number of ether oxygens (including phenoxy) is 1. The molecule has 1 heterocycles. The van der Waals surface area contributed by atoms with Gasteiger partial charge in [-0.25, -0.2) is 0 Å². The third-order valence-corrected chi connectivity index (χ3v) is 6.41. The number of hydrogen-bond donors (Lipinski definition) is 1. The zero-order valence-corrected chi connectivity index (χ0v) is 20.8. The number of aromatic nitrogens is 3. The minimum atomic E-state index is -0.144. The average Bonchev–Trinajstić information content (AvgIpc) is 3.22. The van der Waals surface area contributed by atoms with E-state index in [-0.39, 0.29) is 18.3 Å². The van der Waals surface area contributed by atoms with Crippen molar-refractivity contribution >= 4 is 50.9 Å². The van der Waals surface area contributed by atoms with Crippen molar-refractivity contribution in [2.24, 2.45) is 0 Å². The maximum absolute atomic E-state index is 12.5. The quantitative estimate of drug-likeness (QED) is 0.264. The predicted octanol–water partition coefficient (Wildman–Crippen LogP) is 6.30. The highest BCUT2D eigenvalue weighted by molar-refractivity contribution is 9.10. The number of aryl methyl sites for hydroxylation is 1. The molecule has 0 aliphatic heterocycles. The van der Waals surface area contributed by atoms with Crippen molar-refractivity contribution in [2.45, 2.75) is 18.7 Å². The lowest BCUT2D eigenvalue weighted by atomic mass is 10.2. The van der Waals surface area contributed by atoms with E-state index in [0.29, 0.717) is 21.7 Å². The number of carbonyl (C=O) groups is 1. The van der Waals surface area contributed by atoms with Crippen LogP contribution in [0.5, 0.6) is 5.75 Å².